The zero-order valence-electron chi connectivity index (χ0n) is 12.3. The molecule has 1 unspecified atom stereocenters. The lowest BCUT2D eigenvalue weighted by molar-refractivity contribution is -0.128. The molecule has 6 nitrogen and oxygen atoms in total. The quantitative estimate of drug-likeness (QED) is 0.584. The number of nitrogens with one attached hydrogen (secondary N) is 2. The average Bonchev–Trinajstić information content (AvgIpc) is 2.28. The molecule has 0 aliphatic rings. The van der Waals surface area contributed by atoms with Crippen LogP contribution in [-0.4, -0.2) is 49.8 Å². The van der Waals surface area contributed by atoms with E-state index in [9.17, 15) is 9.59 Å². The van der Waals surface area contributed by atoms with Crippen LogP contribution in [0.15, 0.2) is 0 Å². The number of carbonyl (C=O) groups is 2. The number of rotatable bonds is 8. The van der Waals surface area contributed by atoms with E-state index in [1.54, 1.807) is 7.11 Å². The second kappa shape index (κ2) is 8.87. The van der Waals surface area contributed by atoms with Crippen molar-refractivity contribution in [2.24, 2.45) is 5.41 Å². The summed E-state index contributed by atoms with van der Waals surface area (Å²) in [5, 5.41) is 14.3. The summed E-state index contributed by atoms with van der Waals surface area (Å²) in [4.78, 5) is 23.2. The summed E-state index contributed by atoms with van der Waals surface area (Å²) in [5.74, 6) is -0.242. The van der Waals surface area contributed by atoms with Gasteiger partial charge in [0.2, 0.25) is 11.8 Å². The second-order valence-corrected chi connectivity index (χ2v) is 5.49. The van der Waals surface area contributed by atoms with Crippen LogP contribution in [-0.2, 0) is 14.3 Å². The summed E-state index contributed by atoms with van der Waals surface area (Å²) in [5.41, 5.74) is -0.452. The van der Waals surface area contributed by atoms with Gasteiger partial charge < -0.3 is 20.5 Å². The van der Waals surface area contributed by atoms with Gasteiger partial charge in [-0.1, -0.05) is 20.8 Å². The lowest BCUT2D eigenvalue weighted by atomic mass is 9.96. The van der Waals surface area contributed by atoms with Gasteiger partial charge in [0.05, 0.1) is 12.6 Å². The first-order valence-electron chi connectivity index (χ1n) is 6.48. The maximum Gasteiger partial charge on any atom is 0.225 e. The second-order valence-electron chi connectivity index (χ2n) is 5.49. The van der Waals surface area contributed by atoms with Crippen LogP contribution in [0.4, 0.5) is 0 Å². The maximum atomic E-state index is 11.6. The van der Waals surface area contributed by atoms with Gasteiger partial charge in [-0.3, -0.25) is 9.59 Å². The highest BCUT2D eigenvalue weighted by atomic mass is 16.5. The Morgan fingerprint density at radius 1 is 1.32 bits per heavy atom. The van der Waals surface area contributed by atoms with Crippen molar-refractivity contribution in [3.05, 3.63) is 0 Å². The number of aliphatic hydroxyl groups excluding tert-OH is 1. The largest absolute Gasteiger partial charge is 0.396 e. The van der Waals surface area contributed by atoms with Crippen molar-refractivity contribution in [3.63, 3.8) is 0 Å². The Labute approximate surface area is 114 Å². The van der Waals surface area contributed by atoms with Crippen molar-refractivity contribution in [1.82, 2.24) is 10.6 Å². The van der Waals surface area contributed by atoms with E-state index >= 15 is 0 Å². The van der Waals surface area contributed by atoms with E-state index in [1.807, 2.05) is 20.8 Å². The molecule has 0 bridgehead atoms. The van der Waals surface area contributed by atoms with Gasteiger partial charge in [-0.05, 0) is 6.42 Å². The number of hydrogen-bond acceptors (Lipinski definition) is 4. The molecule has 0 aromatic carbocycles. The molecule has 0 rings (SSSR count). The summed E-state index contributed by atoms with van der Waals surface area (Å²) in [6, 6.07) is -0.194. The molecule has 2 amide bonds. The highest BCUT2D eigenvalue weighted by Crippen LogP contribution is 2.12. The first kappa shape index (κ1) is 17.9. The van der Waals surface area contributed by atoms with Crippen molar-refractivity contribution in [1.29, 1.82) is 0 Å². The fourth-order valence-corrected chi connectivity index (χ4v) is 1.41. The van der Waals surface area contributed by atoms with Crippen molar-refractivity contribution >= 4 is 11.8 Å². The average molecular weight is 274 g/mol. The summed E-state index contributed by atoms with van der Waals surface area (Å²) in [6.45, 7) is 6.12. The van der Waals surface area contributed by atoms with Crippen molar-refractivity contribution in [3.8, 4) is 0 Å². The van der Waals surface area contributed by atoms with Crippen LogP contribution >= 0.6 is 0 Å². The van der Waals surface area contributed by atoms with E-state index in [2.05, 4.69) is 10.6 Å². The summed E-state index contributed by atoms with van der Waals surface area (Å²) in [7, 11) is 1.54. The van der Waals surface area contributed by atoms with E-state index in [1.165, 1.54) is 0 Å². The van der Waals surface area contributed by atoms with E-state index in [0.717, 1.165) is 0 Å². The minimum Gasteiger partial charge on any atom is -0.396 e. The minimum absolute atomic E-state index is 0.00489. The fourth-order valence-electron chi connectivity index (χ4n) is 1.41. The molecular formula is C13H26N2O4. The summed E-state index contributed by atoms with van der Waals surface area (Å²) < 4.78 is 4.95. The van der Waals surface area contributed by atoms with E-state index in [0.29, 0.717) is 19.6 Å². The number of aliphatic hydroxyl groups is 1. The molecule has 19 heavy (non-hydrogen) atoms. The molecule has 0 heterocycles. The third-order valence-corrected chi connectivity index (χ3v) is 2.53. The van der Waals surface area contributed by atoms with Crippen molar-refractivity contribution < 1.29 is 19.4 Å². The van der Waals surface area contributed by atoms with Crippen LogP contribution < -0.4 is 10.6 Å². The molecule has 0 radical (unpaired) electrons. The van der Waals surface area contributed by atoms with Gasteiger partial charge in [0, 0.05) is 32.1 Å². The number of amides is 2. The van der Waals surface area contributed by atoms with Gasteiger partial charge in [0.15, 0.2) is 0 Å². The third-order valence-electron chi connectivity index (χ3n) is 2.53. The Hall–Kier alpha value is -1.14. The SMILES string of the molecule is COCC(CCO)NC(=O)CCNC(=O)C(C)(C)C. The zero-order chi connectivity index (χ0) is 14.9. The molecule has 0 aliphatic heterocycles. The molecule has 0 fully saturated rings. The molecule has 3 N–H and O–H groups in total. The molecule has 0 saturated carbocycles. The van der Waals surface area contributed by atoms with Gasteiger partial charge in [0.25, 0.3) is 0 Å². The number of carbonyl (C=O) groups excluding carboxylic acids is 2. The van der Waals surface area contributed by atoms with Crippen molar-refractivity contribution in [2.75, 3.05) is 26.9 Å². The Morgan fingerprint density at radius 3 is 2.42 bits per heavy atom. The standard InChI is InChI=1S/C13H26N2O4/c1-13(2,3)12(18)14-7-5-11(17)15-10(6-8-16)9-19-4/h10,16H,5-9H2,1-4H3,(H,14,18)(H,15,17). The summed E-state index contributed by atoms with van der Waals surface area (Å²) >= 11 is 0. The Balaban J connectivity index is 3.94. The van der Waals surface area contributed by atoms with E-state index in [-0.39, 0.29) is 30.9 Å². The predicted octanol–water partition coefficient (Wildman–Crippen LogP) is 0.0524. The van der Waals surface area contributed by atoms with Gasteiger partial charge in [-0.15, -0.1) is 0 Å². The van der Waals surface area contributed by atoms with Gasteiger partial charge in [-0.2, -0.15) is 0 Å². The topological polar surface area (TPSA) is 87.7 Å². The first-order chi connectivity index (χ1) is 8.81. The highest BCUT2D eigenvalue weighted by Gasteiger charge is 2.20. The highest BCUT2D eigenvalue weighted by molar-refractivity contribution is 5.82. The van der Waals surface area contributed by atoms with Crippen LogP contribution in [0.2, 0.25) is 0 Å². The summed E-state index contributed by atoms with van der Waals surface area (Å²) in [6.07, 6.45) is 0.668. The lowest BCUT2D eigenvalue weighted by Crippen LogP contribution is -2.41. The van der Waals surface area contributed by atoms with Crippen LogP contribution in [0, 0.1) is 5.41 Å². The predicted molar refractivity (Wildman–Crippen MR) is 72.6 cm³/mol. The molecule has 0 aromatic rings. The van der Waals surface area contributed by atoms with Gasteiger partial charge in [0.1, 0.15) is 0 Å². The molecule has 0 aliphatic carbocycles. The Morgan fingerprint density at radius 2 is 1.95 bits per heavy atom. The smallest absolute Gasteiger partial charge is 0.225 e. The normalized spacial score (nSPS) is 12.9. The van der Waals surface area contributed by atoms with E-state index < -0.39 is 5.41 Å². The van der Waals surface area contributed by atoms with E-state index in [4.69, 9.17) is 9.84 Å². The number of hydrogen-bond donors (Lipinski definition) is 3. The first-order valence-corrected chi connectivity index (χ1v) is 6.48. The Kier molecular flexibility index (Phi) is 8.34. The number of methoxy groups -OCH3 is 1. The molecule has 1 atom stereocenters. The van der Waals surface area contributed by atoms with Gasteiger partial charge in [-0.25, -0.2) is 0 Å². The molecule has 6 heteroatoms. The molecule has 0 saturated heterocycles. The lowest BCUT2D eigenvalue weighted by Gasteiger charge is -2.19. The third kappa shape index (κ3) is 8.56. The van der Waals surface area contributed by atoms with Crippen LogP contribution in [0.5, 0.6) is 0 Å². The van der Waals surface area contributed by atoms with Crippen molar-refractivity contribution in [2.45, 2.75) is 39.7 Å². The van der Waals surface area contributed by atoms with Crippen LogP contribution in [0.25, 0.3) is 0 Å². The fraction of sp³-hybridized carbons (Fsp3) is 0.846. The molecular weight excluding hydrogens is 248 g/mol. The Bertz CT molecular complexity index is 281. The van der Waals surface area contributed by atoms with Crippen LogP contribution in [0.1, 0.15) is 33.6 Å². The monoisotopic (exact) mass is 274 g/mol. The van der Waals surface area contributed by atoms with Gasteiger partial charge >= 0.3 is 0 Å². The number of ether oxygens (including phenoxy) is 1. The molecule has 0 spiro atoms. The molecule has 112 valence electrons. The minimum atomic E-state index is -0.452. The van der Waals surface area contributed by atoms with Crippen LogP contribution in [0.3, 0.4) is 0 Å². The maximum absolute atomic E-state index is 11.6. The zero-order valence-corrected chi connectivity index (χ0v) is 12.3. The molecule has 0 aromatic heterocycles.